The SMILES string of the molecule is CCC[C@@H](N)C(=O)Nc1ccc(C)cc1Cl. The van der Waals surface area contributed by atoms with E-state index in [1.165, 1.54) is 0 Å². The van der Waals surface area contributed by atoms with Crippen LogP contribution in [0, 0.1) is 6.92 Å². The Kier molecular flexibility index (Phi) is 4.77. The minimum Gasteiger partial charge on any atom is -0.323 e. The van der Waals surface area contributed by atoms with Gasteiger partial charge in [-0.3, -0.25) is 4.79 Å². The second-order valence-corrected chi connectivity index (χ2v) is 4.27. The first-order valence-electron chi connectivity index (χ1n) is 5.37. The number of hydrogen-bond donors (Lipinski definition) is 2. The van der Waals surface area contributed by atoms with Crippen molar-refractivity contribution < 1.29 is 4.79 Å². The fraction of sp³-hybridized carbons (Fsp3) is 0.417. The molecule has 1 amide bonds. The summed E-state index contributed by atoms with van der Waals surface area (Å²) in [5, 5.41) is 3.27. The molecule has 0 fully saturated rings. The molecule has 3 nitrogen and oxygen atoms in total. The maximum absolute atomic E-state index is 11.6. The molecule has 0 saturated carbocycles. The van der Waals surface area contributed by atoms with Crippen LogP contribution in [0.3, 0.4) is 0 Å². The molecule has 0 aliphatic carbocycles. The van der Waals surface area contributed by atoms with Crippen LogP contribution in [0.25, 0.3) is 0 Å². The van der Waals surface area contributed by atoms with Crippen molar-refractivity contribution in [1.82, 2.24) is 0 Å². The summed E-state index contributed by atoms with van der Waals surface area (Å²) >= 11 is 6.00. The molecule has 0 spiro atoms. The normalized spacial score (nSPS) is 12.2. The molecule has 1 aromatic rings. The largest absolute Gasteiger partial charge is 0.323 e. The third-order valence-electron chi connectivity index (χ3n) is 2.32. The van der Waals surface area contributed by atoms with E-state index in [1.54, 1.807) is 6.07 Å². The molecule has 1 atom stereocenters. The number of carbonyl (C=O) groups excluding carboxylic acids is 1. The van der Waals surface area contributed by atoms with Gasteiger partial charge in [0.05, 0.1) is 16.8 Å². The van der Waals surface area contributed by atoms with Crippen molar-refractivity contribution in [3.8, 4) is 0 Å². The first-order valence-corrected chi connectivity index (χ1v) is 5.75. The van der Waals surface area contributed by atoms with Crippen molar-refractivity contribution in [3.63, 3.8) is 0 Å². The number of nitrogens with two attached hydrogens (primary N) is 1. The Bertz CT molecular complexity index is 379. The highest BCUT2D eigenvalue weighted by Gasteiger charge is 2.13. The van der Waals surface area contributed by atoms with Gasteiger partial charge in [-0.05, 0) is 31.0 Å². The molecule has 4 heteroatoms. The molecule has 88 valence electrons. The molecule has 0 bridgehead atoms. The lowest BCUT2D eigenvalue weighted by molar-refractivity contribution is -0.117. The molecule has 0 aromatic heterocycles. The van der Waals surface area contributed by atoms with Gasteiger partial charge in [0, 0.05) is 0 Å². The molecular formula is C12H17ClN2O. The van der Waals surface area contributed by atoms with Crippen molar-refractivity contribution in [3.05, 3.63) is 28.8 Å². The summed E-state index contributed by atoms with van der Waals surface area (Å²) in [6, 6.07) is 5.02. The summed E-state index contributed by atoms with van der Waals surface area (Å²) in [6.45, 7) is 3.94. The number of benzene rings is 1. The number of rotatable bonds is 4. The Morgan fingerprint density at radius 1 is 1.56 bits per heavy atom. The van der Waals surface area contributed by atoms with E-state index in [4.69, 9.17) is 17.3 Å². The van der Waals surface area contributed by atoms with Crippen LogP contribution in [0.4, 0.5) is 5.69 Å². The van der Waals surface area contributed by atoms with Crippen LogP contribution >= 0.6 is 11.6 Å². The molecule has 0 saturated heterocycles. The van der Waals surface area contributed by atoms with Crippen molar-refractivity contribution in [1.29, 1.82) is 0 Å². The lowest BCUT2D eigenvalue weighted by Crippen LogP contribution is -2.35. The van der Waals surface area contributed by atoms with Crippen molar-refractivity contribution in [2.75, 3.05) is 5.32 Å². The minimum absolute atomic E-state index is 0.187. The van der Waals surface area contributed by atoms with E-state index in [0.29, 0.717) is 17.1 Å². The van der Waals surface area contributed by atoms with Crippen molar-refractivity contribution >= 4 is 23.2 Å². The summed E-state index contributed by atoms with van der Waals surface area (Å²) in [4.78, 5) is 11.6. The predicted octanol–water partition coefficient (Wildman–Crippen LogP) is 2.71. The first kappa shape index (κ1) is 13.0. The summed E-state index contributed by atoms with van der Waals surface area (Å²) in [5.74, 6) is -0.187. The molecule has 1 rings (SSSR count). The fourth-order valence-corrected chi connectivity index (χ4v) is 1.67. The van der Waals surface area contributed by atoms with E-state index in [0.717, 1.165) is 12.0 Å². The zero-order valence-electron chi connectivity index (χ0n) is 9.59. The van der Waals surface area contributed by atoms with Crippen LogP contribution in [0.15, 0.2) is 18.2 Å². The molecular weight excluding hydrogens is 224 g/mol. The number of hydrogen-bond acceptors (Lipinski definition) is 2. The van der Waals surface area contributed by atoms with Crippen LogP contribution in [-0.2, 0) is 4.79 Å². The highest BCUT2D eigenvalue weighted by atomic mass is 35.5. The summed E-state index contributed by atoms with van der Waals surface area (Å²) < 4.78 is 0. The van der Waals surface area contributed by atoms with E-state index < -0.39 is 6.04 Å². The van der Waals surface area contributed by atoms with Crippen LogP contribution < -0.4 is 11.1 Å². The van der Waals surface area contributed by atoms with Gasteiger partial charge in [0.2, 0.25) is 5.91 Å². The number of halogens is 1. The number of nitrogens with one attached hydrogen (secondary N) is 1. The highest BCUT2D eigenvalue weighted by molar-refractivity contribution is 6.33. The van der Waals surface area contributed by atoms with Gasteiger partial charge in [0.15, 0.2) is 0 Å². The second kappa shape index (κ2) is 5.87. The van der Waals surface area contributed by atoms with Gasteiger partial charge in [-0.2, -0.15) is 0 Å². The lowest BCUT2D eigenvalue weighted by Gasteiger charge is -2.12. The van der Waals surface area contributed by atoms with E-state index in [1.807, 2.05) is 26.0 Å². The third kappa shape index (κ3) is 3.51. The molecule has 0 aliphatic heterocycles. The molecule has 0 aliphatic rings. The monoisotopic (exact) mass is 240 g/mol. The molecule has 0 radical (unpaired) electrons. The molecule has 0 heterocycles. The number of carbonyl (C=O) groups is 1. The Labute approximate surface area is 101 Å². The summed E-state index contributed by atoms with van der Waals surface area (Å²) in [6.07, 6.45) is 1.56. The van der Waals surface area contributed by atoms with Crippen LogP contribution in [0.5, 0.6) is 0 Å². The number of anilines is 1. The van der Waals surface area contributed by atoms with E-state index in [2.05, 4.69) is 5.32 Å². The standard InChI is InChI=1S/C12H17ClN2O/c1-3-4-10(14)12(16)15-11-6-5-8(2)7-9(11)13/h5-7,10H,3-4,14H2,1-2H3,(H,15,16)/t10-/m1/s1. The number of aryl methyl sites for hydroxylation is 1. The third-order valence-corrected chi connectivity index (χ3v) is 2.63. The Morgan fingerprint density at radius 3 is 2.81 bits per heavy atom. The van der Waals surface area contributed by atoms with Gasteiger partial charge in [-0.1, -0.05) is 31.0 Å². The average molecular weight is 241 g/mol. The van der Waals surface area contributed by atoms with Gasteiger partial charge < -0.3 is 11.1 Å². The molecule has 1 aromatic carbocycles. The topological polar surface area (TPSA) is 55.1 Å². The van der Waals surface area contributed by atoms with Gasteiger partial charge in [-0.25, -0.2) is 0 Å². The van der Waals surface area contributed by atoms with Gasteiger partial charge in [-0.15, -0.1) is 0 Å². The second-order valence-electron chi connectivity index (χ2n) is 3.87. The Hall–Kier alpha value is -1.06. The molecule has 0 unspecified atom stereocenters. The van der Waals surface area contributed by atoms with Crippen molar-refractivity contribution in [2.24, 2.45) is 5.73 Å². The summed E-state index contributed by atoms with van der Waals surface area (Å²) in [7, 11) is 0. The molecule has 3 N–H and O–H groups in total. The van der Waals surface area contributed by atoms with Gasteiger partial charge in [0.25, 0.3) is 0 Å². The Morgan fingerprint density at radius 2 is 2.25 bits per heavy atom. The molecule has 16 heavy (non-hydrogen) atoms. The van der Waals surface area contributed by atoms with E-state index in [9.17, 15) is 4.79 Å². The summed E-state index contributed by atoms with van der Waals surface area (Å²) in [5.41, 5.74) is 7.37. The van der Waals surface area contributed by atoms with Crippen LogP contribution in [0.1, 0.15) is 25.3 Å². The average Bonchev–Trinajstić information content (AvgIpc) is 2.22. The maximum atomic E-state index is 11.6. The zero-order chi connectivity index (χ0) is 12.1. The maximum Gasteiger partial charge on any atom is 0.241 e. The van der Waals surface area contributed by atoms with Crippen LogP contribution in [0.2, 0.25) is 5.02 Å². The zero-order valence-corrected chi connectivity index (χ0v) is 10.3. The highest BCUT2D eigenvalue weighted by Crippen LogP contribution is 2.22. The smallest absolute Gasteiger partial charge is 0.241 e. The quantitative estimate of drug-likeness (QED) is 0.850. The lowest BCUT2D eigenvalue weighted by atomic mass is 10.1. The van der Waals surface area contributed by atoms with E-state index >= 15 is 0 Å². The van der Waals surface area contributed by atoms with Crippen LogP contribution in [-0.4, -0.2) is 11.9 Å². The Balaban J connectivity index is 2.69. The van der Waals surface area contributed by atoms with Gasteiger partial charge in [0.1, 0.15) is 0 Å². The van der Waals surface area contributed by atoms with Gasteiger partial charge >= 0.3 is 0 Å². The predicted molar refractivity (Wildman–Crippen MR) is 67.7 cm³/mol. The van der Waals surface area contributed by atoms with Crippen molar-refractivity contribution in [2.45, 2.75) is 32.7 Å². The van der Waals surface area contributed by atoms with E-state index in [-0.39, 0.29) is 5.91 Å². The number of amides is 1. The fourth-order valence-electron chi connectivity index (χ4n) is 1.39. The first-order chi connectivity index (χ1) is 7.54. The minimum atomic E-state index is -0.470.